The highest BCUT2D eigenvalue weighted by molar-refractivity contribution is 5.11. The van der Waals surface area contributed by atoms with E-state index < -0.39 is 0 Å². The predicted octanol–water partition coefficient (Wildman–Crippen LogP) is 0.753. The third-order valence-corrected chi connectivity index (χ3v) is 3.28. The third kappa shape index (κ3) is 2.27. The smallest absolute Gasteiger partial charge is 0.122 e. The van der Waals surface area contributed by atoms with Crippen molar-refractivity contribution >= 4 is 0 Å². The number of pyridine rings is 1. The first-order valence-electron chi connectivity index (χ1n) is 6.22. The summed E-state index contributed by atoms with van der Waals surface area (Å²) in [6.07, 6.45) is 3.91. The summed E-state index contributed by atoms with van der Waals surface area (Å²) >= 11 is 0. The van der Waals surface area contributed by atoms with Gasteiger partial charge in [0.2, 0.25) is 0 Å². The molecular weight excluding hydrogens is 226 g/mol. The molecule has 18 heavy (non-hydrogen) atoms. The topological polar surface area (TPSA) is 60.0 Å². The fraction of sp³-hybridized carbons (Fsp3) is 0.385. The number of hydrogen-bond acceptors (Lipinski definition) is 4. The first-order chi connectivity index (χ1) is 8.85. The largest absolute Gasteiger partial charge is 0.333 e. The number of nitrogens with two attached hydrogens (primary N) is 1. The van der Waals surface area contributed by atoms with Gasteiger partial charge in [-0.05, 0) is 12.1 Å². The molecule has 3 heterocycles. The van der Waals surface area contributed by atoms with Crippen molar-refractivity contribution in [2.75, 3.05) is 6.54 Å². The average Bonchev–Trinajstić information content (AvgIpc) is 2.86. The van der Waals surface area contributed by atoms with Crippen LogP contribution in [0.15, 0.2) is 30.6 Å². The third-order valence-electron chi connectivity index (χ3n) is 3.28. The van der Waals surface area contributed by atoms with Gasteiger partial charge in [-0.1, -0.05) is 6.07 Å². The van der Waals surface area contributed by atoms with E-state index >= 15 is 0 Å². The molecule has 5 nitrogen and oxygen atoms in total. The first-order valence-corrected chi connectivity index (χ1v) is 6.22. The van der Waals surface area contributed by atoms with Crippen molar-refractivity contribution in [3.05, 3.63) is 47.8 Å². The summed E-state index contributed by atoms with van der Waals surface area (Å²) in [6.45, 7) is 4.30. The van der Waals surface area contributed by atoms with Gasteiger partial charge in [0.1, 0.15) is 5.82 Å². The van der Waals surface area contributed by atoms with Crippen LogP contribution in [0, 0.1) is 0 Å². The van der Waals surface area contributed by atoms with Crippen LogP contribution in [0.1, 0.15) is 17.2 Å². The molecule has 5 heteroatoms. The second-order valence-electron chi connectivity index (χ2n) is 4.57. The lowest BCUT2D eigenvalue weighted by molar-refractivity contribution is 0.206. The standard InChI is InChI=1S/C13H17N5/c14-8-11-2-1-3-12(16-11)9-17-6-7-18-5-4-15-13(18)10-17/h1-5H,6-10,14H2. The van der Waals surface area contributed by atoms with Crippen LogP contribution in [0.25, 0.3) is 0 Å². The van der Waals surface area contributed by atoms with Gasteiger partial charge in [-0.25, -0.2) is 4.98 Å². The maximum Gasteiger partial charge on any atom is 0.122 e. The highest BCUT2D eigenvalue weighted by atomic mass is 15.2. The van der Waals surface area contributed by atoms with E-state index in [1.165, 1.54) is 0 Å². The highest BCUT2D eigenvalue weighted by Crippen LogP contribution is 2.13. The Labute approximate surface area is 106 Å². The summed E-state index contributed by atoms with van der Waals surface area (Å²) in [5.41, 5.74) is 7.64. The van der Waals surface area contributed by atoms with E-state index in [-0.39, 0.29) is 0 Å². The van der Waals surface area contributed by atoms with Gasteiger partial charge in [0.05, 0.1) is 17.9 Å². The van der Waals surface area contributed by atoms with Crippen LogP contribution in [-0.2, 0) is 26.2 Å². The van der Waals surface area contributed by atoms with Crippen LogP contribution >= 0.6 is 0 Å². The SMILES string of the molecule is NCc1cccc(CN2CCn3ccnc3C2)n1. The Kier molecular flexibility index (Phi) is 3.08. The van der Waals surface area contributed by atoms with Crippen molar-refractivity contribution in [2.45, 2.75) is 26.2 Å². The molecular formula is C13H17N5. The van der Waals surface area contributed by atoms with Gasteiger partial charge in [0.25, 0.3) is 0 Å². The van der Waals surface area contributed by atoms with Gasteiger partial charge in [0.15, 0.2) is 0 Å². The lowest BCUT2D eigenvalue weighted by atomic mass is 10.2. The number of imidazole rings is 1. The van der Waals surface area contributed by atoms with E-state index in [9.17, 15) is 0 Å². The Balaban J connectivity index is 1.70. The zero-order valence-corrected chi connectivity index (χ0v) is 10.3. The van der Waals surface area contributed by atoms with Gasteiger partial charge in [-0.15, -0.1) is 0 Å². The Morgan fingerprint density at radius 3 is 3.00 bits per heavy atom. The first kappa shape index (κ1) is 11.4. The zero-order valence-electron chi connectivity index (χ0n) is 10.3. The van der Waals surface area contributed by atoms with Crippen molar-refractivity contribution < 1.29 is 0 Å². The van der Waals surface area contributed by atoms with E-state index in [0.717, 1.165) is 43.4 Å². The summed E-state index contributed by atoms with van der Waals surface area (Å²) < 4.78 is 2.21. The van der Waals surface area contributed by atoms with Gasteiger partial charge in [-0.2, -0.15) is 0 Å². The van der Waals surface area contributed by atoms with Crippen LogP contribution in [-0.4, -0.2) is 26.0 Å². The van der Waals surface area contributed by atoms with Gasteiger partial charge in [0, 0.05) is 38.6 Å². The van der Waals surface area contributed by atoms with Crippen LogP contribution in [0.5, 0.6) is 0 Å². The molecule has 2 N–H and O–H groups in total. The number of fused-ring (bicyclic) bond motifs is 1. The van der Waals surface area contributed by atoms with Crippen LogP contribution in [0.2, 0.25) is 0 Å². The molecule has 0 aromatic carbocycles. The minimum Gasteiger partial charge on any atom is -0.333 e. The van der Waals surface area contributed by atoms with Gasteiger partial charge in [-0.3, -0.25) is 9.88 Å². The average molecular weight is 243 g/mol. The molecule has 0 fully saturated rings. The Bertz CT molecular complexity index is 534. The molecule has 0 radical (unpaired) electrons. The normalized spacial score (nSPS) is 15.6. The Morgan fingerprint density at radius 2 is 2.11 bits per heavy atom. The Hall–Kier alpha value is -1.72. The van der Waals surface area contributed by atoms with E-state index in [1.54, 1.807) is 0 Å². The molecule has 2 aromatic heterocycles. The van der Waals surface area contributed by atoms with E-state index in [2.05, 4.69) is 25.5 Å². The van der Waals surface area contributed by atoms with Crippen LogP contribution < -0.4 is 5.73 Å². The number of rotatable bonds is 3. The minimum atomic E-state index is 0.498. The minimum absolute atomic E-state index is 0.498. The molecule has 0 amide bonds. The van der Waals surface area contributed by atoms with Crippen molar-refractivity contribution in [1.29, 1.82) is 0 Å². The maximum atomic E-state index is 5.61. The number of aromatic nitrogens is 3. The summed E-state index contributed by atoms with van der Waals surface area (Å²) in [7, 11) is 0. The molecule has 94 valence electrons. The Morgan fingerprint density at radius 1 is 1.22 bits per heavy atom. The monoisotopic (exact) mass is 243 g/mol. The molecule has 0 saturated carbocycles. The summed E-state index contributed by atoms with van der Waals surface area (Å²) in [4.78, 5) is 11.3. The van der Waals surface area contributed by atoms with E-state index in [1.807, 2.05) is 24.5 Å². The molecule has 0 unspecified atom stereocenters. The maximum absolute atomic E-state index is 5.61. The quantitative estimate of drug-likeness (QED) is 0.864. The van der Waals surface area contributed by atoms with E-state index in [4.69, 9.17) is 5.73 Å². The van der Waals surface area contributed by atoms with E-state index in [0.29, 0.717) is 6.54 Å². The lowest BCUT2D eigenvalue weighted by Gasteiger charge is -2.27. The second-order valence-corrected chi connectivity index (χ2v) is 4.57. The number of nitrogens with zero attached hydrogens (tertiary/aromatic N) is 4. The molecule has 3 rings (SSSR count). The van der Waals surface area contributed by atoms with Gasteiger partial charge >= 0.3 is 0 Å². The predicted molar refractivity (Wildman–Crippen MR) is 68.5 cm³/mol. The number of hydrogen-bond donors (Lipinski definition) is 1. The van der Waals surface area contributed by atoms with Crippen LogP contribution in [0.3, 0.4) is 0 Å². The van der Waals surface area contributed by atoms with Crippen molar-refractivity contribution in [3.8, 4) is 0 Å². The van der Waals surface area contributed by atoms with Crippen molar-refractivity contribution in [1.82, 2.24) is 19.4 Å². The fourth-order valence-electron chi connectivity index (χ4n) is 2.32. The molecule has 0 bridgehead atoms. The molecule has 2 aromatic rings. The van der Waals surface area contributed by atoms with Crippen molar-refractivity contribution in [2.24, 2.45) is 5.73 Å². The zero-order chi connectivity index (χ0) is 12.4. The fourth-order valence-corrected chi connectivity index (χ4v) is 2.32. The summed E-state index contributed by atoms with van der Waals surface area (Å²) in [5, 5.41) is 0. The summed E-state index contributed by atoms with van der Waals surface area (Å²) in [6, 6.07) is 6.04. The lowest BCUT2D eigenvalue weighted by Crippen LogP contribution is -2.33. The molecule has 1 aliphatic rings. The summed E-state index contributed by atoms with van der Waals surface area (Å²) in [5.74, 6) is 1.14. The second kappa shape index (κ2) is 4.88. The van der Waals surface area contributed by atoms with Crippen molar-refractivity contribution in [3.63, 3.8) is 0 Å². The van der Waals surface area contributed by atoms with Gasteiger partial charge < -0.3 is 10.3 Å². The molecule has 0 spiro atoms. The highest BCUT2D eigenvalue weighted by Gasteiger charge is 2.16. The van der Waals surface area contributed by atoms with Crippen LogP contribution in [0.4, 0.5) is 0 Å². The molecule has 1 aliphatic heterocycles. The molecule has 0 aliphatic carbocycles. The molecule has 0 atom stereocenters. The molecule has 0 saturated heterocycles.